The summed E-state index contributed by atoms with van der Waals surface area (Å²) in [6.45, 7) is 12.9. The highest BCUT2D eigenvalue weighted by Crippen LogP contribution is 2.37. The zero-order valence-electron chi connectivity index (χ0n) is 14.9. The first-order valence-corrected chi connectivity index (χ1v) is 12.5. The van der Waals surface area contributed by atoms with E-state index in [1.165, 1.54) is 0 Å². The van der Waals surface area contributed by atoms with Gasteiger partial charge in [0.15, 0.2) is 8.32 Å². The average molecular weight is 482 g/mol. The molecule has 7 heteroatoms. The van der Waals surface area contributed by atoms with Crippen LogP contribution in [0.25, 0.3) is 0 Å². The Morgan fingerprint density at radius 2 is 2.00 bits per heavy atom. The molecule has 0 unspecified atom stereocenters. The molecule has 0 radical (unpaired) electrons. The first-order valence-electron chi connectivity index (χ1n) is 8.10. The van der Waals surface area contributed by atoms with Gasteiger partial charge in [-0.2, -0.15) is 0 Å². The van der Waals surface area contributed by atoms with Gasteiger partial charge in [0, 0.05) is 28.7 Å². The molecule has 0 spiro atoms. The number of carbonyl (C=O) groups is 1. The van der Waals surface area contributed by atoms with E-state index in [0.29, 0.717) is 36.1 Å². The van der Waals surface area contributed by atoms with E-state index in [2.05, 4.69) is 61.8 Å². The fraction of sp³-hybridized carbons (Fsp3) is 0.588. The number of carbonyl (C=O) groups excluding carboxylic acids is 1. The highest BCUT2D eigenvalue weighted by molar-refractivity contribution is 14.1. The average Bonchev–Trinajstić information content (AvgIpc) is 2.85. The molecule has 2 rings (SSSR count). The summed E-state index contributed by atoms with van der Waals surface area (Å²) in [5, 5.41) is 3.55. The smallest absolute Gasteiger partial charge is 0.253 e. The van der Waals surface area contributed by atoms with E-state index in [4.69, 9.17) is 20.8 Å². The van der Waals surface area contributed by atoms with Crippen molar-refractivity contribution in [1.82, 2.24) is 5.32 Å². The minimum Gasteiger partial charge on any atom is -0.492 e. The molecular weight excluding hydrogens is 457 g/mol. The van der Waals surface area contributed by atoms with E-state index in [1.54, 1.807) is 0 Å². The number of fused-ring (bicyclic) bond motifs is 1. The largest absolute Gasteiger partial charge is 0.492 e. The van der Waals surface area contributed by atoms with Gasteiger partial charge in [-0.15, -0.1) is 0 Å². The molecule has 1 amide bonds. The van der Waals surface area contributed by atoms with Crippen molar-refractivity contribution >= 4 is 48.4 Å². The monoisotopic (exact) mass is 481 g/mol. The van der Waals surface area contributed by atoms with Crippen molar-refractivity contribution in [3.05, 3.63) is 25.8 Å². The highest BCUT2D eigenvalue weighted by Gasteiger charge is 2.36. The van der Waals surface area contributed by atoms with Crippen molar-refractivity contribution < 1.29 is 14.0 Å². The van der Waals surface area contributed by atoms with Crippen molar-refractivity contribution in [1.29, 1.82) is 0 Å². The normalized spacial score (nSPS) is 14.5. The zero-order valence-corrected chi connectivity index (χ0v) is 18.8. The summed E-state index contributed by atoms with van der Waals surface area (Å²) in [7, 11) is -1.70. The molecule has 0 fully saturated rings. The lowest BCUT2D eigenvalue weighted by Crippen LogP contribution is -2.41. The molecule has 0 atom stereocenters. The highest BCUT2D eigenvalue weighted by atomic mass is 127. The van der Waals surface area contributed by atoms with Crippen LogP contribution in [-0.4, -0.2) is 27.4 Å². The quantitative estimate of drug-likeness (QED) is 0.354. The van der Waals surface area contributed by atoms with Crippen LogP contribution in [0.15, 0.2) is 6.07 Å². The molecule has 0 bridgehead atoms. The Hall–Kier alpha value is -0.313. The predicted octanol–water partition coefficient (Wildman–Crippen LogP) is 4.98. The molecule has 0 saturated heterocycles. The van der Waals surface area contributed by atoms with E-state index < -0.39 is 8.32 Å². The fourth-order valence-electron chi connectivity index (χ4n) is 2.21. The SMILES string of the molecule is CC(C)(C)[Si](C)(C)OCCCOc1cc(I)c2c(c1Cl)CNC2=O. The minimum atomic E-state index is -1.70. The fourth-order valence-corrected chi connectivity index (χ4v) is 4.42. The van der Waals surface area contributed by atoms with E-state index >= 15 is 0 Å². The van der Waals surface area contributed by atoms with Gasteiger partial charge in [-0.25, -0.2) is 0 Å². The molecule has 4 nitrogen and oxygen atoms in total. The van der Waals surface area contributed by atoms with Crippen LogP contribution in [0.5, 0.6) is 5.75 Å². The molecule has 1 N–H and O–H groups in total. The van der Waals surface area contributed by atoms with Crippen molar-refractivity contribution in [3.8, 4) is 5.75 Å². The van der Waals surface area contributed by atoms with Gasteiger partial charge in [-0.05, 0) is 46.8 Å². The number of benzene rings is 1. The Morgan fingerprint density at radius 1 is 1.33 bits per heavy atom. The second kappa shape index (κ2) is 7.51. The topological polar surface area (TPSA) is 47.6 Å². The second-order valence-electron chi connectivity index (χ2n) is 7.52. The van der Waals surface area contributed by atoms with Crippen LogP contribution in [0, 0.1) is 3.57 Å². The van der Waals surface area contributed by atoms with Gasteiger partial charge >= 0.3 is 0 Å². The van der Waals surface area contributed by atoms with Crippen LogP contribution < -0.4 is 10.1 Å². The summed E-state index contributed by atoms with van der Waals surface area (Å²) in [6, 6.07) is 1.83. The maximum atomic E-state index is 11.8. The van der Waals surface area contributed by atoms with Gasteiger partial charge in [-0.1, -0.05) is 32.4 Å². The molecule has 1 aliphatic heterocycles. The van der Waals surface area contributed by atoms with Crippen LogP contribution in [0.1, 0.15) is 43.1 Å². The molecule has 1 aliphatic rings. The number of hydrogen-bond donors (Lipinski definition) is 1. The third kappa shape index (κ3) is 4.26. The molecule has 0 saturated carbocycles. The van der Waals surface area contributed by atoms with Crippen LogP contribution in [-0.2, 0) is 11.0 Å². The first-order chi connectivity index (χ1) is 11.0. The van der Waals surface area contributed by atoms with Gasteiger partial charge < -0.3 is 14.5 Å². The van der Waals surface area contributed by atoms with Crippen molar-refractivity contribution in [2.24, 2.45) is 0 Å². The van der Waals surface area contributed by atoms with E-state index in [1.807, 2.05) is 6.07 Å². The third-order valence-corrected chi connectivity index (χ3v) is 10.6. The number of ether oxygens (including phenoxy) is 1. The minimum absolute atomic E-state index is 0.0642. The molecule has 134 valence electrons. The Bertz CT molecular complexity index is 644. The molecular formula is C17H25ClINO3Si. The first kappa shape index (κ1) is 20.0. The Labute approximate surface area is 163 Å². The lowest BCUT2D eigenvalue weighted by Gasteiger charge is -2.36. The maximum absolute atomic E-state index is 11.8. The van der Waals surface area contributed by atoms with Crippen LogP contribution in [0.4, 0.5) is 0 Å². The van der Waals surface area contributed by atoms with Crippen LogP contribution in [0.2, 0.25) is 23.2 Å². The van der Waals surface area contributed by atoms with E-state index in [9.17, 15) is 4.79 Å². The van der Waals surface area contributed by atoms with Crippen molar-refractivity contribution in [2.75, 3.05) is 13.2 Å². The Kier molecular flexibility index (Phi) is 6.26. The summed E-state index contributed by atoms with van der Waals surface area (Å²) in [5.41, 5.74) is 1.51. The van der Waals surface area contributed by atoms with E-state index in [-0.39, 0.29) is 10.9 Å². The molecule has 1 aromatic rings. The summed E-state index contributed by atoms with van der Waals surface area (Å²) in [6.07, 6.45) is 0.813. The number of rotatable bonds is 6. The maximum Gasteiger partial charge on any atom is 0.253 e. The van der Waals surface area contributed by atoms with Crippen molar-refractivity contribution in [3.63, 3.8) is 0 Å². The van der Waals surface area contributed by atoms with Gasteiger partial charge in [-0.3, -0.25) is 4.79 Å². The number of hydrogen-bond acceptors (Lipinski definition) is 3. The van der Waals surface area contributed by atoms with Gasteiger partial charge in [0.25, 0.3) is 5.91 Å². The Morgan fingerprint density at radius 3 is 2.62 bits per heavy atom. The molecule has 0 aromatic heterocycles. The predicted molar refractivity (Wildman–Crippen MR) is 109 cm³/mol. The van der Waals surface area contributed by atoms with E-state index in [0.717, 1.165) is 15.6 Å². The number of nitrogens with one attached hydrogen (secondary N) is 1. The molecule has 1 heterocycles. The van der Waals surface area contributed by atoms with Gasteiger partial charge in [0.2, 0.25) is 0 Å². The third-order valence-electron chi connectivity index (χ3n) is 4.75. The lowest BCUT2D eigenvalue weighted by molar-refractivity contribution is 0.0965. The summed E-state index contributed by atoms with van der Waals surface area (Å²) < 4.78 is 12.9. The molecule has 24 heavy (non-hydrogen) atoms. The second-order valence-corrected chi connectivity index (χ2v) is 13.9. The summed E-state index contributed by atoms with van der Waals surface area (Å²) >= 11 is 8.54. The van der Waals surface area contributed by atoms with Gasteiger partial charge in [0.05, 0.1) is 17.2 Å². The van der Waals surface area contributed by atoms with Crippen molar-refractivity contribution in [2.45, 2.75) is 51.9 Å². The molecule has 0 aliphatic carbocycles. The summed E-state index contributed by atoms with van der Waals surface area (Å²) in [5.74, 6) is 0.578. The standard InChI is InChI=1S/C17H25ClINO3Si/c1-17(2,3)24(4,5)23-8-6-7-22-13-9-12(19)14-11(15(13)18)10-20-16(14)21/h9H,6-8,10H2,1-5H3,(H,20,21). The zero-order chi connectivity index (χ0) is 18.1. The Balaban J connectivity index is 1.90. The van der Waals surface area contributed by atoms with Gasteiger partial charge in [0.1, 0.15) is 5.75 Å². The number of amides is 1. The van der Waals surface area contributed by atoms with Crippen LogP contribution in [0.3, 0.4) is 0 Å². The summed E-state index contributed by atoms with van der Waals surface area (Å²) in [4.78, 5) is 11.8. The van der Waals surface area contributed by atoms with Crippen LogP contribution >= 0.6 is 34.2 Å². The number of halogens is 2. The lowest BCUT2D eigenvalue weighted by atomic mass is 10.1. The molecule has 1 aromatic carbocycles.